The van der Waals surface area contributed by atoms with Gasteiger partial charge in [0.15, 0.2) is 5.82 Å². The second-order valence-corrected chi connectivity index (χ2v) is 24.4. The maximum absolute atomic E-state index is 17.1. The number of unbranched alkanes of at least 4 members (excludes halogenated alkanes) is 7. The summed E-state index contributed by atoms with van der Waals surface area (Å²) in [7, 11) is 0. The van der Waals surface area contributed by atoms with E-state index < -0.39 is 29.1 Å². The van der Waals surface area contributed by atoms with Crippen molar-refractivity contribution in [2.24, 2.45) is 10.4 Å². The number of piperidine rings is 1. The number of halogens is 2. The van der Waals surface area contributed by atoms with Crippen molar-refractivity contribution in [3.63, 3.8) is 0 Å². The number of fused-ring (bicyclic) bond motifs is 4. The van der Waals surface area contributed by atoms with Crippen LogP contribution in [0.3, 0.4) is 0 Å². The van der Waals surface area contributed by atoms with Crippen molar-refractivity contribution in [3.05, 3.63) is 88.7 Å². The second kappa shape index (κ2) is 25.6. The van der Waals surface area contributed by atoms with Gasteiger partial charge in [0.25, 0.3) is 0 Å². The Morgan fingerprint density at radius 1 is 0.890 bits per heavy atom. The van der Waals surface area contributed by atoms with Gasteiger partial charge in [-0.1, -0.05) is 95.5 Å². The Morgan fingerprint density at radius 2 is 1.60 bits per heavy atom. The van der Waals surface area contributed by atoms with Crippen LogP contribution >= 0.6 is 0 Å². The number of anilines is 1. The summed E-state index contributed by atoms with van der Waals surface area (Å²) < 4.78 is 38.6. The molecule has 5 atom stereocenters. The molecule has 5 aliphatic heterocycles. The number of phenols is 1. The number of aromatic hydroxyl groups is 1. The van der Waals surface area contributed by atoms with Gasteiger partial charge in [-0.05, 0) is 117 Å². The molecule has 2 bridgehead atoms. The van der Waals surface area contributed by atoms with E-state index in [2.05, 4.69) is 53.8 Å². The first kappa shape index (κ1) is 58.2. The molecule has 4 unspecified atom stereocenters. The number of likely N-dealkylation sites (tertiary alicyclic amines) is 2. The highest BCUT2D eigenvalue weighted by Gasteiger charge is 2.42. The highest BCUT2D eigenvalue weighted by Crippen LogP contribution is 2.40. The van der Waals surface area contributed by atoms with E-state index in [-0.39, 0.29) is 69.4 Å². The standard InChI is InChI=1S/C65H80F2N10O5/c1-7-49-53(66)26-23-44-35-47(78)36-51(56(44)49)58-57(67)59-52(37-69-58)61(76-38-45-24-25-46(39-76)71-45)74-64(73-59)82-48-28-33-75(34-29-48)31-15-13-11-9-8-10-12-14-18-55(79)72-60(65(4,5)6)63(81)77-32-16-17-54(77)62(80)70-40(2)42-19-21-43(22-20-42)50-27-30-68-41(50)3/h1,19-23,26,30,35-37,40,45-46,48,54,60,71,78H,8-18,24-25,27-29,31-34,38-39H2,2-6H3,(H,70,80)(H,72,79)/t40?,45?,46?,54-,60?/m0/s1. The van der Waals surface area contributed by atoms with Gasteiger partial charge in [-0.25, -0.2) is 8.78 Å². The van der Waals surface area contributed by atoms with Crippen LogP contribution in [0.4, 0.5) is 14.6 Å². The molecule has 17 heteroatoms. The lowest BCUT2D eigenvalue weighted by molar-refractivity contribution is -0.144. The van der Waals surface area contributed by atoms with Crippen molar-refractivity contribution < 1.29 is 33.0 Å². The van der Waals surface area contributed by atoms with Crippen LogP contribution in [-0.2, 0) is 14.4 Å². The minimum absolute atomic E-state index is 0.0367. The van der Waals surface area contributed by atoms with Crippen molar-refractivity contribution in [1.82, 2.24) is 40.7 Å². The fraction of sp³-hybridized carbons (Fsp3) is 0.523. The van der Waals surface area contributed by atoms with Crippen LogP contribution in [0.5, 0.6) is 11.8 Å². The van der Waals surface area contributed by atoms with Gasteiger partial charge in [-0.2, -0.15) is 9.97 Å². The van der Waals surface area contributed by atoms with E-state index in [0.29, 0.717) is 61.1 Å². The number of allylic oxidation sites excluding steroid dienone is 2. The molecule has 15 nitrogen and oxygen atoms in total. The van der Waals surface area contributed by atoms with Gasteiger partial charge in [0, 0.05) is 86.7 Å². The Kier molecular flexibility index (Phi) is 18.2. The molecule has 7 heterocycles. The zero-order chi connectivity index (χ0) is 57.7. The topological polar surface area (TPSA) is 178 Å². The molecule has 10 rings (SSSR count). The Balaban J connectivity index is 0.646. The lowest BCUT2D eigenvalue weighted by Gasteiger charge is -2.35. The molecule has 0 radical (unpaired) electrons. The SMILES string of the molecule is C#Cc1c(F)ccc2cc(O)cc(-c3ncc4c(N5CC6CCC(C5)N6)nc(OC5CCN(CCCCCCCCCCC(=O)NC(C(=O)N6CCC[C@H]6C(=O)NC(C)c6ccc(C7=C(C)N=CC7)cc6)C(C)(C)C)CC5)nc4c3F)c12. The predicted molar refractivity (Wildman–Crippen MR) is 318 cm³/mol. The van der Waals surface area contributed by atoms with Crippen LogP contribution in [-0.4, -0.2) is 123 Å². The number of benzene rings is 3. The molecule has 0 spiro atoms. The fourth-order valence-electron chi connectivity index (χ4n) is 12.9. The largest absolute Gasteiger partial charge is 0.508 e. The number of hydrogen-bond acceptors (Lipinski definition) is 12. The molecule has 0 aliphatic carbocycles. The molecule has 3 amide bonds. The van der Waals surface area contributed by atoms with Gasteiger partial charge in [-0.3, -0.25) is 24.4 Å². The number of terminal acetylenes is 1. The molecule has 82 heavy (non-hydrogen) atoms. The van der Waals surface area contributed by atoms with Gasteiger partial charge in [0.05, 0.1) is 17.0 Å². The number of carbonyl (C=O) groups excluding carboxylic acids is 3. The van der Waals surface area contributed by atoms with Crippen LogP contribution in [0.2, 0.25) is 0 Å². The number of carbonyl (C=O) groups is 3. The minimum Gasteiger partial charge on any atom is -0.508 e. The van der Waals surface area contributed by atoms with Crippen LogP contribution < -0.4 is 25.6 Å². The molecule has 4 fully saturated rings. The van der Waals surface area contributed by atoms with Crippen molar-refractivity contribution >= 4 is 57.0 Å². The lowest BCUT2D eigenvalue weighted by Crippen LogP contribution is -2.57. The first-order valence-electron chi connectivity index (χ1n) is 29.9. The molecule has 434 valence electrons. The average Bonchev–Trinajstić information content (AvgIpc) is 4.38. The van der Waals surface area contributed by atoms with Crippen LogP contribution in [0.15, 0.2) is 65.4 Å². The molecule has 5 aromatic rings. The third-order valence-corrected chi connectivity index (χ3v) is 17.4. The number of aliphatic imine (C=N–C) groups is 1. The summed E-state index contributed by atoms with van der Waals surface area (Å²) in [5.41, 5.74) is 3.87. The summed E-state index contributed by atoms with van der Waals surface area (Å²) >= 11 is 0. The fourth-order valence-corrected chi connectivity index (χ4v) is 12.9. The van der Waals surface area contributed by atoms with Crippen molar-refractivity contribution in [2.75, 3.05) is 44.2 Å². The summed E-state index contributed by atoms with van der Waals surface area (Å²) in [6.07, 6.45) is 23.7. The number of nitrogens with zero attached hydrogens (tertiary/aromatic N) is 7. The Morgan fingerprint density at radius 3 is 2.28 bits per heavy atom. The smallest absolute Gasteiger partial charge is 0.319 e. The summed E-state index contributed by atoms with van der Waals surface area (Å²) in [5.74, 6) is 0.974. The molecule has 5 aliphatic rings. The third-order valence-electron chi connectivity index (χ3n) is 17.4. The van der Waals surface area contributed by atoms with Crippen molar-refractivity contribution in [2.45, 2.75) is 174 Å². The Bertz CT molecular complexity index is 3260. The number of pyridine rings is 1. The number of rotatable bonds is 21. The second-order valence-electron chi connectivity index (χ2n) is 24.4. The molecule has 2 aromatic heterocycles. The van der Waals surface area contributed by atoms with Crippen LogP contribution in [0.1, 0.15) is 160 Å². The van der Waals surface area contributed by atoms with Gasteiger partial charge in [-0.15, -0.1) is 6.42 Å². The summed E-state index contributed by atoms with van der Waals surface area (Å²) in [5, 5.41) is 21.8. The van der Waals surface area contributed by atoms with Crippen LogP contribution in [0.25, 0.3) is 38.5 Å². The maximum atomic E-state index is 17.1. The lowest BCUT2D eigenvalue weighted by atomic mass is 9.85. The number of piperazine rings is 1. The highest BCUT2D eigenvalue weighted by molar-refractivity contribution is 6.03. The first-order valence-corrected chi connectivity index (χ1v) is 29.9. The summed E-state index contributed by atoms with van der Waals surface area (Å²) in [6.45, 7) is 14.5. The maximum Gasteiger partial charge on any atom is 0.319 e. The Labute approximate surface area is 481 Å². The number of hydrogen-bond donors (Lipinski definition) is 4. The number of phenolic OH excluding ortho intramolecular Hbond substituents is 1. The van der Waals surface area contributed by atoms with E-state index in [0.717, 1.165) is 126 Å². The number of ether oxygens (including phenoxy) is 1. The first-order chi connectivity index (χ1) is 39.5. The van der Waals surface area contributed by atoms with E-state index in [1.54, 1.807) is 11.1 Å². The van der Waals surface area contributed by atoms with Gasteiger partial charge in [0.2, 0.25) is 17.7 Å². The van der Waals surface area contributed by atoms with E-state index in [4.69, 9.17) is 21.1 Å². The monoisotopic (exact) mass is 1120 g/mol. The van der Waals surface area contributed by atoms with Crippen LogP contribution in [0, 0.1) is 29.4 Å². The zero-order valence-corrected chi connectivity index (χ0v) is 48.3. The molecule has 4 saturated heterocycles. The van der Waals surface area contributed by atoms with Gasteiger partial charge >= 0.3 is 6.01 Å². The van der Waals surface area contributed by atoms with Gasteiger partial charge < -0.3 is 40.5 Å². The summed E-state index contributed by atoms with van der Waals surface area (Å²) in [4.78, 5) is 66.1. The van der Waals surface area contributed by atoms with Crippen molar-refractivity contribution in [1.29, 1.82) is 0 Å². The van der Waals surface area contributed by atoms with E-state index in [1.807, 2.05) is 53.0 Å². The van der Waals surface area contributed by atoms with E-state index >= 15 is 8.78 Å². The average molecular weight is 1120 g/mol. The normalized spacial score (nSPS) is 20.2. The number of amides is 3. The van der Waals surface area contributed by atoms with Gasteiger partial charge in [0.1, 0.15) is 46.8 Å². The zero-order valence-electron chi connectivity index (χ0n) is 48.3. The molecule has 0 saturated carbocycles. The third kappa shape index (κ3) is 13.2. The van der Waals surface area contributed by atoms with E-state index in [1.165, 1.54) is 29.8 Å². The van der Waals surface area contributed by atoms with E-state index in [9.17, 15) is 19.5 Å². The number of nitrogens with one attached hydrogen (secondary N) is 3. The Hall–Kier alpha value is -7.03. The quantitative estimate of drug-likeness (QED) is 0.0406. The highest BCUT2D eigenvalue weighted by atomic mass is 19.1. The summed E-state index contributed by atoms with van der Waals surface area (Å²) in [6, 6.07) is 12.9. The predicted octanol–water partition coefficient (Wildman–Crippen LogP) is 10.7. The van der Waals surface area contributed by atoms with Crippen molar-refractivity contribution in [3.8, 4) is 35.4 Å². The molecule has 3 aromatic carbocycles. The molecule has 4 N–H and O–H groups in total. The molecular weight excluding hydrogens is 1040 g/mol. The molecular formula is C65H80F2N10O5. The number of aromatic nitrogens is 3. The minimum atomic E-state index is -0.742.